The molecule has 7 rings (SSSR count). The van der Waals surface area contributed by atoms with Gasteiger partial charge < -0.3 is 38.9 Å². The number of pyridine rings is 1. The molecule has 3 N–H and O–H groups in total. The molecule has 1 aromatic carbocycles. The van der Waals surface area contributed by atoms with Gasteiger partial charge in [-0.2, -0.15) is 0 Å². The molecule has 17 nitrogen and oxygen atoms in total. The van der Waals surface area contributed by atoms with E-state index in [0.717, 1.165) is 0 Å². The highest BCUT2D eigenvalue weighted by molar-refractivity contribution is 7.91. The highest BCUT2D eigenvalue weighted by Crippen LogP contribution is 2.46. The second-order valence-electron chi connectivity index (χ2n) is 15.5. The molecule has 2 aliphatic carbocycles. The third-order valence-electron chi connectivity index (χ3n) is 10.1. The number of aromatic nitrogens is 2. The van der Waals surface area contributed by atoms with Gasteiger partial charge in [-0.25, -0.2) is 23.2 Å². The van der Waals surface area contributed by atoms with Gasteiger partial charge in [-0.3, -0.25) is 19.1 Å². The van der Waals surface area contributed by atoms with Crippen molar-refractivity contribution in [1.82, 2.24) is 30.2 Å². The van der Waals surface area contributed by atoms with Gasteiger partial charge in [0.25, 0.3) is 5.91 Å². The number of oxazole rings is 1. The van der Waals surface area contributed by atoms with E-state index < -0.39 is 74.3 Å². The lowest BCUT2D eigenvalue weighted by Crippen LogP contribution is -2.58. The SMILES string of the molecule is COc1ccc2c(OC3C[C@H]4C(=O)N[C@]5(C(=O)NS(=O)(=O)C6CC6)CC5C=CCOCCC[C@H](NC(=O)OC(C)(C)C)C(=O)N4C3)nc(-c3ncco3)cc2c1. The summed E-state index contributed by atoms with van der Waals surface area (Å²) >= 11 is 0. The first-order chi connectivity index (χ1) is 26.7. The Hall–Kier alpha value is -5.23. The van der Waals surface area contributed by atoms with E-state index in [1.165, 1.54) is 17.4 Å². The van der Waals surface area contributed by atoms with Gasteiger partial charge in [-0.15, -0.1) is 0 Å². The number of methoxy groups -OCH3 is 1. The molecule has 2 saturated carbocycles. The zero-order chi connectivity index (χ0) is 39.8. The molecule has 4 aliphatic rings. The number of hydrogen-bond acceptors (Lipinski definition) is 13. The van der Waals surface area contributed by atoms with E-state index in [-0.39, 0.29) is 50.8 Å². The Labute approximate surface area is 323 Å². The summed E-state index contributed by atoms with van der Waals surface area (Å²) in [6.07, 6.45) is 6.29. The van der Waals surface area contributed by atoms with Gasteiger partial charge in [0.1, 0.15) is 47.0 Å². The molecule has 3 fully saturated rings. The highest BCUT2D eigenvalue weighted by Gasteiger charge is 2.62. The number of hydrogen-bond donors (Lipinski definition) is 3. The van der Waals surface area contributed by atoms with Gasteiger partial charge in [0, 0.05) is 24.3 Å². The van der Waals surface area contributed by atoms with Gasteiger partial charge in [-0.1, -0.05) is 12.2 Å². The number of rotatable bonds is 8. The number of carbonyl (C=O) groups is 4. The second-order valence-corrected chi connectivity index (χ2v) is 17.5. The van der Waals surface area contributed by atoms with Crippen LogP contribution in [0.2, 0.25) is 0 Å². The molecule has 300 valence electrons. The Morgan fingerprint density at radius 2 is 1.93 bits per heavy atom. The van der Waals surface area contributed by atoms with E-state index in [1.54, 1.807) is 64.3 Å². The van der Waals surface area contributed by atoms with Crippen molar-refractivity contribution < 1.29 is 51.0 Å². The predicted octanol–water partition coefficient (Wildman–Crippen LogP) is 2.99. The van der Waals surface area contributed by atoms with Gasteiger partial charge >= 0.3 is 6.09 Å². The summed E-state index contributed by atoms with van der Waals surface area (Å²) in [6, 6.07) is 4.81. The maximum Gasteiger partial charge on any atom is 0.408 e. The van der Waals surface area contributed by atoms with Gasteiger partial charge in [0.2, 0.25) is 33.6 Å². The summed E-state index contributed by atoms with van der Waals surface area (Å²) in [6.45, 7) is 5.44. The molecule has 1 saturated heterocycles. The number of nitrogens with zero attached hydrogens (tertiary/aromatic N) is 3. The van der Waals surface area contributed by atoms with Crippen molar-refractivity contribution in [3.8, 4) is 23.2 Å². The quantitative estimate of drug-likeness (QED) is 0.280. The molecule has 3 aromatic rings. The van der Waals surface area contributed by atoms with Gasteiger partial charge in [0.05, 0.1) is 31.7 Å². The van der Waals surface area contributed by atoms with Crippen molar-refractivity contribution in [3.63, 3.8) is 0 Å². The lowest BCUT2D eigenvalue weighted by atomic mass is 10.1. The minimum Gasteiger partial charge on any atom is -0.497 e. The van der Waals surface area contributed by atoms with Crippen LogP contribution >= 0.6 is 0 Å². The third kappa shape index (κ3) is 8.60. The van der Waals surface area contributed by atoms with Crippen molar-refractivity contribution in [2.24, 2.45) is 5.92 Å². The smallest absolute Gasteiger partial charge is 0.408 e. The maximum absolute atomic E-state index is 14.5. The fourth-order valence-corrected chi connectivity index (χ4v) is 8.41. The second kappa shape index (κ2) is 15.4. The van der Waals surface area contributed by atoms with Crippen LogP contribution in [-0.2, 0) is 33.9 Å². The first-order valence-corrected chi connectivity index (χ1v) is 20.2. The van der Waals surface area contributed by atoms with Crippen LogP contribution in [-0.4, -0.2) is 109 Å². The molecule has 2 aromatic heterocycles. The average molecular weight is 795 g/mol. The van der Waals surface area contributed by atoms with E-state index in [1.807, 2.05) is 0 Å². The van der Waals surface area contributed by atoms with E-state index in [0.29, 0.717) is 41.5 Å². The Morgan fingerprint density at radius 1 is 1.12 bits per heavy atom. The number of sulfonamides is 1. The molecule has 2 aliphatic heterocycles. The summed E-state index contributed by atoms with van der Waals surface area (Å²) in [5.74, 6) is -1.61. The molecular formula is C38H46N6O11S. The van der Waals surface area contributed by atoms with Crippen LogP contribution in [0.4, 0.5) is 4.79 Å². The first-order valence-electron chi connectivity index (χ1n) is 18.6. The monoisotopic (exact) mass is 794 g/mol. The Balaban J connectivity index is 1.22. The molecular weight excluding hydrogens is 749 g/mol. The van der Waals surface area contributed by atoms with Crippen molar-refractivity contribution >= 4 is 44.6 Å². The van der Waals surface area contributed by atoms with Gasteiger partial charge in [-0.05, 0) is 82.5 Å². The number of benzene rings is 1. The first kappa shape index (κ1) is 39.0. The zero-order valence-electron chi connectivity index (χ0n) is 31.6. The highest BCUT2D eigenvalue weighted by atomic mass is 32.2. The molecule has 0 bridgehead atoms. The number of amides is 4. The van der Waals surface area contributed by atoms with Crippen LogP contribution in [0.3, 0.4) is 0 Å². The third-order valence-corrected chi connectivity index (χ3v) is 11.9. The average Bonchev–Trinajstić information content (AvgIpc) is 4.00. The molecule has 56 heavy (non-hydrogen) atoms. The van der Waals surface area contributed by atoms with Crippen molar-refractivity contribution in [2.75, 3.05) is 26.9 Å². The van der Waals surface area contributed by atoms with Crippen LogP contribution in [0, 0.1) is 5.92 Å². The van der Waals surface area contributed by atoms with E-state index in [4.69, 9.17) is 28.3 Å². The summed E-state index contributed by atoms with van der Waals surface area (Å²) in [5.41, 5.74) is -2.06. The van der Waals surface area contributed by atoms with Crippen LogP contribution in [0.5, 0.6) is 11.6 Å². The number of fused-ring (bicyclic) bond motifs is 3. The molecule has 4 heterocycles. The molecule has 2 unspecified atom stereocenters. The van der Waals surface area contributed by atoms with E-state index in [2.05, 4.69) is 20.3 Å². The molecule has 4 amide bonds. The normalized spacial score (nSPS) is 25.9. The minimum absolute atomic E-state index is 0.0268. The minimum atomic E-state index is -3.94. The van der Waals surface area contributed by atoms with Crippen molar-refractivity contribution in [3.05, 3.63) is 48.9 Å². The summed E-state index contributed by atoms with van der Waals surface area (Å²) < 4.78 is 56.6. The number of ether oxygens (including phenoxy) is 4. The Kier molecular flexibility index (Phi) is 10.7. The maximum atomic E-state index is 14.5. The Bertz CT molecular complexity index is 2130. The predicted molar refractivity (Wildman–Crippen MR) is 200 cm³/mol. The van der Waals surface area contributed by atoms with E-state index in [9.17, 15) is 27.6 Å². The van der Waals surface area contributed by atoms with E-state index >= 15 is 0 Å². The lowest BCUT2D eigenvalue weighted by Gasteiger charge is -2.30. The number of carbonyl (C=O) groups excluding carboxylic acids is 4. The number of alkyl carbamates (subject to hydrolysis) is 1. The van der Waals surface area contributed by atoms with Gasteiger partial charge in [0.15, 0.2) is 0 Å². The van der Waals surface area contributed by atoms with Crippen LogP contribution in [0.1, 0.15) is 59.3 Å². The molecule has 18 heteroatoms. The zero-order valence-corrected chi connectivity index (χ0v) is 32.4. The van der Waals surface area contributed by atoms with Crippen LogP contribution in [0.25, 0.3) is 22.4 Å². The summed E-state index contributed by atoms with van der Waals surface area (Å²) in [5, 5.41) is 6.18. The molecule has 0 radical (unpaired) electrons. The fourth-order valence-electron chi connectivity index (χ4n) is 7.05. The molecule has 0 spiro atoms. The summed E-state index contributed by atoms with van der Waals surface area (Å²) in [4.78, 5) is 66.0. The lowest BCUT2D eigenvalue weighted by molar-refractivity contribution is -0.141. The largest absolute Gasteiger partial charge is 0.497 e. The van der Waals surface area contributed by atoms with Crippen molar-refractivity contribution in [2.45, 2.75) is 93.9 Å². The van der Waals surface area contributed by atoms with Crippen LogP contribution in [0.15, 0.2) is 53.3 Å². The fraction of sp³-hybridized carbons (Fsp3) is 0.526. The summed E-state index contributed by atoms with van der Waals surface area (Å²) in [7, 11) is -2.39. The van der Waals surface area contributed by atoms with Crippen molar-refractivity contribution in [1.29, 1.82) is 0 Å². The topological polar surface area (TPSA) is 218 Å². The van der Waals surface area contributed by atoms with Crippen LogP contribution < -0.4 is 24.8 Å². The standard InChI is InChI=1S/C38H46N6O11S/c1-37(2,3)55-36(48)41-28-8-6-15-52-14-5-7-23-20-38(23,35(47)43-56(49,50)26-10-11-26)42-31(45)30-19-25(21-44(30)34(28)46)54-32-27-12-9-24(51-4)17-22(27)18-29(40-32)33-39-13-16-53-33/h5,7,9,12-13,16-18,23,25-26,28,30H,6,8,10-11,14-15,19-21H2,1-4H3,(H,41,48)(H,42,45)(H,43,47)/t23?,25?,28-,30-,38+/m0/s1. The molecule has 5 atom stereocenters. The number of nitrogens with one attached hydrogen (secondary N) is 3. The Morgan fingerprint density at radius 3 is 2.64 bits per heavy atom.